The first-order chi connectivity index (χ1) is 12.4. The second-order valence-electron chi connectivity index (χ2n) is 5.65. The molecule has 1 atom stereocenters. The van der Waals surface area contributed by atoms with Crippen LogP contribution in [0.15, 0.2) is 52.2 Å². The van der Waals surface area contributed by atoms with E-state index >= 15 is 0 Å². The number of halogens is 3. The largest absolute Gasteiger partial charge is 0.497 e. The van der Waals surface area contributed by atoms with Gasteiger partial charge in [-0.25, -0.2) is 13.2 Å². The number of fused-ring (bicyclic) bond motifs is 1. The first kappa shape index (κ1) is 18.4. The number of thioether (sulfide) groups is 1. The summed E-state index contributed by atoms with van der Waals surface area (Å²) in [5, 5.41) is 19.6. The Hall–Kier alpha value is -2.37. The lowest BCUT2D eigenvalue weighted by atomic mass is 9.97. The van der Waals surface area contributed by atoms with E-state index < -0.39 is 23.6 Å². The number of nitriles is 1. The number of alkyl halides is 2. The van der Waals surface area contributed by atoms with Crippen LogP contribution in [0.25, 0.3) is 0 Å². The summed E-state index contributed by atoms with van der Waals surface area (Å²) in [5.41, 5.74) is -0.364. The zero-order valence-corrected chi connectivity index (χ0v) is 14.4. The molecule has 4 nitrogen and oxygen atoms in total. The lowest BCUT2D eigenvalue weighted by molar-refractivity contribution is -0.0718. The fourth-order valence-corrected chi connectivity index (χ4v) is 3.75. The van der Waals surface area contributed by atoms with Crippen molar-refractivity contribution in [3.8, 4) is 17.6 Å². The molecular formula is C18H14F3NO3S. The number of hydrogen-bond acceptors (Lipinski definition) is 5. The highest BCUT2D eigenvalue weighted by Gasteiger charge is 2.47. The lowest BCUT2D eigenvalue weighted by Crippen LogP contribution is -2.41. The van der Waals surface area contributed by atoms with Crippen LogP contribution in [0.5, 0.6) is 11.5 Å². The third-order valence-corrected chi connectivity index (χ3v) is 5.13. The Balaban J connectivity index is 2.03. The second-order valence-corrected chi connectivity index (χ2v) is 6.67. The van der Waals surface area contributed by atoms with Gasteiger partial charge in [0.25, 0.3) is 5.92 Å². The van der Waals surface area contributed by atoms with Crippen LogP contribution in [0.3, 0.4) is 0 Å². The van der Waals surface area contributed by atoms with Crippen LogP contribution in [0.2, 0.25) is 0 Å². The third kappa shape index (κ3) is 3.45. The van der Waals surface area contributed by atoms with Crippen molar-refractivity contribution in [3.05, 3.63) is 58.0 Å². The SMILES string of the molecule is COc1cc(F)cc(OC2=CCC=C3SCC(F)(F)C(O)C3=C2C#N)c1. The van der Waals surface area contributed by atoms with E-state index in [1.165, 1.54) is 19.3 Å². The van der Waals surface area contributed by atoms with Crippen molar-refractivity contribution < 1.29 is 27.8 Å². The molecule has 1 aliphatic carbocycles. The number of rotatable bonds is 3. The van der Waals surface area contributed by atoms with E-state index in [4.69, 9.17) is 9.47 Å². The quantitative estimate of drug-likeness (QED) is 0.859. The molecule has 1 heterocycles. The second kappa shape index (κ2) is 7.09. The fourth-order valence-electron chi connectivity index (χ4n) is 2.66. The summed E-state index contributed by atoms with van der Waals surface area (Å²) >= 11 is 0.880. The molecule has 2 aliphatic rings. The average Bonchev–Trinajstić information content (AvgIpc) is 2.77. The van der Waals surface area contributed by atoms with E-state index in [9.17, 15) is 23.5 Å². The minimum atomic E-state index is -3.36. The van der Waals surface area contributed by atoms with Gasteiger partial charge in [0.1, 0.15) is 40.8 Å². The molecule has 0 radical (unpaired) electrons. The van der Waals surface area contributed by atoms with Crippen molar-refractivity contribution in [2.75, 3.05) is 12.9 Å². The van der Waals surface area contributed by atoms with E-state index in [0.29, 0.717) is 11.3 Å². The fraction of sp³-hybridized carbons (Fsp3) is 0.278. The van der Waals surface area contributed by atoms with Gasteiger partial charge in [0.15, 0.2) is 0 Å². The number of aliphatic hydroxyl groups is 1. The summed E-state index contributed by atoms with van der Waals surface area (Å²) in [5.74, 6) is -4.30. The van der Waals surface area contributed by atoms with E-state index in [1.807, 2.05) is 6.07 Å². The number of ether oxygens (including phenoxy) is 2. The lowest BCUT2D eigenvalue weighted by Gasteiger charge is -2.31. The van der Waals surface area contributed by atoms with Crippen LogP contribution in [0.4, 0.5) is 13.2 Å². The van der Waals surface area contributed by atoms with E-state index in [0.717, 1.165) is 23.9 Å². The summed E-state index contributed by atoms with van der Waals surface area (Å²) in [4.78, 5) is 0.423. The highest BCUT2D eigenvalue weighted by molar-refractivity contribution is 8.03. The first-order valence-corrected chi connectivity index (χ1v) is 8.60. The van der Waals surface area contributed by atoms with Crippen molar-refractivity contribution in [1.82, 2.24) is 0 Å². The molecule has 1 aromatic rings. The maximum atomic E-state index is 13.9. The van der Waals surface area contributed by atoms with Gasteiger partial charge in [-0.3, -0.25) is 0 Å². The van der Waals surface area contributed by atoms with E-state index in [2.05, 4.69) is 0 Å². The van der Waals surface area contributed by atoms with Crippen molar-refractivity contribution in [3.63, 3.8) is 0 Å². The summed E-state index contributed by atoms with van der Waals surface area (Å²) in [6, 6.07) is 5.48. The van der Waals surface area contributed by atoms with Crippen molar-refractivity contribution in [1.29, 1.82) is 5.26 Å². The first-order valence-electron chi connectivity index (χ1n) is 7.62. The summed E-state index contributed by atoms with van der Waals surface area (Å²) in [7, 11) is 1.36. The van der Waals surface area contributed by atoms with Gasteiger partial charge < -0.3 is 14.6 Å². The van der Waals surface area contributed by atoms with Gasteiger partial charge in [-0.1, -0.05) is 6.08 Å². The molecular weight excluding hydrogens is 367 g/mol. The molecule has 1 aliphatic heterocycles. The molecule has 1 N–H and O–H groups in total. The Morgan fingerprint density at radius 3 is 2.69 bits per heavy atom. The highest BCUT2D eigenvalue weighted by atomic mass is 32.2. The standard InChI is InChI=1S/C18H14F3NO3S/c1-24-11-5-10(19)6-12(7-11)25-14-3-2-4-15-16(13(14)8-22)17(23)18(20,21)9-26-15/h3-7,17,23H,2,9H2,1H3. The Morgan fingerprint density at radius 2 is 2.00 bits per heavy atom. The van der Waals surface area contributed by atoms with Gasteiger partial charge in [0, 0.05) is 28.7 Å². The van der Waals surface area contributed by atoms with Gasteiger partial charge in [-0.2, -0.15) is 5.26 Å². The van der Waals surface area contributed by atoms with Crippen molar-refractivity contribution in [2.24, 2.45) is 0 Å². The van der Waals surface area contributed by atoms with Crippen LogP contribution in [-0.4, -0.2) is 30.0 Å². The Kier molecular flexibility index (Phi) is 5.03. The van der Waals surface area contributed by atoms with E-state index in [-0.39, 0.29) is 28.4 Å². The zero-order chi connectivity index (χ0) is 18.9. The molecule has 0 aromatic heterocycles. The predicted octanol–water partition coefficient (Wildman–Crippen LogP) is 3.95. The molecule has 1 aromatic carbocycles. The van der Waals surface area contributed by atoms with Crippen LogP contribution < -0.4 is 9.47 Å². The third-order valence-electron chi connectivity index (χ3n) is 3.90. The molecule has 0 saturated carbocycles. The minimum absolute atomic E-state index is 0.0150. The van der Waals surface area contributed by atoms with Crippen LogP contribution in [0, 0.1) is 17.1 Å². The number of allylic oxidation sites excluding steroid dienone is 3. The van der Waals surface area contributed by atoms with Gasteiger partial charge in [-0.15, -0.1) is 11.8 Å². The van der Waals surface area contributed by atoms with Crippen LogP contribution in [0.1, 0.15) is 6.42 Å². The van der Waals surface area contributed by atoms with Gasteiger partial charge in [0.05, 0.1) is 12.9 Å². The molecule has 136 valence electrons. The topological polar surface area (TPSA) is 62.5 Å². The number of aliphatic hydroxyl groups excluding tert-OH is 1. The molecule has 26 heavy (non-hydrogen) atoms. The zero-order valence-electron chi connectivity index (χ0n) is 13.6. The Morgan fingerprint density at radius 1 is 1.27 bits per heavy atom. The van der Waals surface area contributed by atoms with Crippen LogP contribution >= 0.6 is 11.8 Å². The maximum absolute atomic E-state index is 13.9. The minimum Gasteiger partial charge on any atom is -0.497 e. The Labute approximate surface area is 152 Å². The highest BCUT2D eigenvalue weighted by Crippen LogP contribution is 2.46. The smallest absolute Gasteiger partial charge is 0.286 e. The average molecular weight is 381 g/mol. The van der Waals surface area contributed by atoms with Crippen LogP contribution in [-0.2, 0) is 0 Å². The normalized spacial score (nSPS) is 21.8. The van der Waals surface area contributed by atoms with Gasteiger partial charge in [-0.05, 0) is 12.5 Å². The number of benzene rings is 1. The molecule has 8 heteroatoms. The molecule has 0 bridgehead atoms. The maximum Gasteiger partial charge on any atom is 0.286 e. The summed E-state index contributed by atoms with van der Waals surface area (Å²) in [6.45, 7) is 0. The van der Waals surface area contributed by atoms with Gasteiger partial charge >= 0.3 is 0 Å². The monoisotopic (exact) mass is 381 g/mol. The van der Waals surface area contributed by atoms with Crippen molar-refractivity contribution >= 4 is 11.8 Å². The number of hydrogen-bond donors (Lipinski definition) is 1. The molecule has 0 spiro atoms. The van der Waals surface area contributed by atoms with Crippen molar-refractivity contribution in [2.45, 2.75) is 18.4 Å². The molecule has 1 saturated heterocycles. The molecule has 1 unspecified atom stereocenters. The Bertz CT molecular complexity index is 871. The van der Waals surface area contributed by atoms with Gasteiger partial charge in [0.2, 0.25) is 0 Å². The molecule has 3 rings (SSSR count). The number of methoxy groups -OCH3 is 1. The summed E-state index contributed by atoms with van der Waals surface area (Å²) < 4.78 is 52.1. The molecule has 0 amide bonds. The predicted molar refractivity (Wildman–Crippen MR) is 90.4 cm³/mol. The summed E-state index contributed by atoms with van der Waals surface area (Å²) in [6.07, 6.45) is 1.38. The number of nitrogens with zero attached hydrogens (tertiary/aromatic N) is 1. The van der Waals surface area contributed by atoms with E-state index in [1.54, 1.807) is 6.08 Å². The molecule has 1 fully saturated rings.